The number of nitrogens with zero attached hydrogens (tertiary/aromatic N) is 2. The Morgan fingerprint density at radius 2 is 1.58 bits per heavy atom. The Morgan fingerprint density at radius 1 is 0.974 bits per heavy atom. The van der Waals surface area contributed by atoms with Crippen LogP contribution in [-0.2, 0) is 4.79 Å². The topological polar surface area (TPSA) is 63.1 Å². The van der Waals surface area contributed by atoms with E-state index in [-0.39, 0.29) is 45.3 Å². The standard InChI is InChI=1S/C31H51FN4O2/c1-29(2,3)33-28(37)31(24-10-8-7-9-11-24)17-20-35(21-18-31)36(38)27-16-19-34(30(4,5)6)22-26(27)23-12-14-25(32)15-13-23/h12-15,24,26-27,36H,7-11,16-22H2,1-6H3,(H,33,37)/t26?,27-/m1/s1. The molecule has 0 aromatic heterocycles. The Kier molecular flexibility index (Phi) is 8.93. The number of rotatable bonds is 5. The van der Waals surface area contributed by atoms with Gasteiger partial charge in [0.05, 0.1) is 11.3 Å². The molecule has 3 aliphatic rings. The summed E-state index contributed by atoms with van der Waals surface area (Å²) < 4.78 is 13.7. The van der Waals surface area contributed by atoms with Gasteiger partial charge in [-0.2, -0.15) is 5.01 Å². The van der Waals surface area contributed by atoms with E-state index in [2.05, 4.69) is 51.8 Å². The zero-order chi connectivity index (χ0) is 27.7. The van der Waals surface area contributed by atoms with Crippen molar-refractivity contribution in [2.75, 3.05) is 26.2 Å². The molecule has 3 fully saturated rings. The molecule has 7 heteroatoms. The van der Waals surface area contributed by atoms with Crippen LogP contribution in [0.5, 0.6) is 0 Å². The van der Waals surface area contributed by atoms with Gasteiger partial charge in [-0.1, -0.05) is 31.4 Å². The lowest BCUT2D eigenvalue weighted by atomic mass is 9.63. The molecular formula is C31H51FN4O2. The number of benzene rings is 1. The molecule has 2 heterocycles. The quantitative estimate of drug-likeness (QED) is 0.544. The van der Waals surface area contributed by atoms with Gasteiger partial charge < -0.3 is 10.5 Å². The Labute approximate surface area is 229 Å². The first-order valence-electron chi connectivity index (χ1n) is 14.9. The molecule has 1 aromatic carbocycles. The lowest BCUT2D eigenvalue weighted by molar-refractivity contribution is -0.998. The number of piperidine rings is 2. The highest BCUT2D eigenvalue weighted by Gasteiger charge is 2.50. The van der Waals surface area contributed by atoms with Gasteiger partial charge in [0, 0.05) is 43.7 Å². The van der Waals surface area contributed by atoms with Crippen LogP contribution in [0.2, 0.25) is 0 Å². The summed E-state index contributed by atoms with van der Waals surface area (Å²) in [5, 5.41) is 19.6. The van der Waals surface area contributed by atoms with Crippen molar-refractivity contribution in [2.24, 2.45) is 11.3 Å². The summed E-state index contributed by atoms with van der Waals surface area (Å²) in [5.41, 5.74) is 0.403. The molecule has 2 unspecified atom stereocenters. The first kappa shape index (κ1) is 29.4. The number of amides is 1. The first-order chi connectivity index (χ1) is 17.8. The number of hydrogen-bond donors (Lipinski definition) is 2. The summed E-state index contributed by atoms with van der Waals surface area (Å²) in [6, 6.07) is 6.62. The monoisotopic (exact) mass is 530 g/mol. The van der Waals surface area contributed by atoms with Crippen molar-refractivity contribution in [3.63, 3.8) is 0 Å². The minimum absolute atomic E-state index is 0.0113. The maximum absolute atomic E-state index is 14.1. The molecule has 1 aromatic rings. The zero-order valence-electron chi connectivity index (χ0n) is 24.6. The second-order valence-corrected chi connectivity index (χ2v) is 14.2. The molecule has 2 saturated heterocycles. The third kappa shape index (κ3) is 6.60. The van der Waals surface area contributed by atoms with Gasteiger partial charge >= 0.3 is 0 Å². The number of hydrogen-bond acceptors (Lipinski definition) is 4. The fourth-order valence-corrected chi connectivity index (χ4v) is 7.21. The van der Waals surface area contributed by atoms with E-state index in [4.69, 9.17) is 0 Å². The predicted octanol–water partition coefficient (Wildman–Crippen LogP) is 4.66. The molecule has 1 aliphatic carbocycles. The molecule has 1 saturated carbocycles. The maximum atomic E-state index is 14.1. The maximum Gasteiger partial charge on any atom is 0.227 e. The van der Waals surface area contributed by atoms with E-state index in [1.807, 2.05) is 17.1 Å². The van der Waals surface area contributed by atoms with Crippen LogP contribution in [0.25, 0.3) is 0 Å². The molecule has 214 valence electrons. The van der Waals surface area contributed by atoms with E-state index < -0.39 is 0 Å². The van der Waals surface area contributed by atoms with Crippen LogP contribution in [-0.4, -0.2) is 59.1 Å². The average Bonchev–Trinajstić information content (AvgIpc) is 2.87. The number of nitrogens with one attached hydrogen (secondary N) is 2. The molecule has 4 rings (SSSR count). The second-order valence-electron chi connectivity index (χ2n) is 14.2. The Balaban J connectivity index is 1.52. The largest absolute Gasteiger partial charge is 0.613 e. The molecule has 0 radical (unpaired) electrons. The minimum atomic E-state index is -0.379. The summed E-state index contributed by atoms with van der Waals surface area (Å²) in [6.45, 7) is 15.8. The van der Waals surface area contributed by atoms with Crippen molar-refractivity contribution in [1.82, 2.24) is 15.2 Å². The number of carbonyl (C=O) groups is 1. The van der Waals surface area contributed by atoms with Gasteiger partial charge in [0.15, 0.2) is 0 Å². The van der Waals surface area contributed by atoms with Crippen molar-refractivity contribution < 1.29 is 14.4 Å². The van der Waals surface area contributed by atoms with Crippen LogP contribution in [0.3, 0.4) is 0 Å². The molecule has 3 atom stereocenters. The highest BCUT2D eigenvalue weighted by molar-refractivity contribution is 5.83. The van der Waals surface area contributed by atoms with Crippen molar-refractivity contribution in [1.29, 1.82) is 0 Å². The zero-order valence-corrected chi connectivity index (χ0v) is 24.6. The highest BCUT2D eigenvalue weighted by Crippen LogP contribution is 2.46. The fourth-order valence-electron chi connectivity index (χ4n) is 7.21. The fraction of sp³-hybridized carbons (Fsp3) is 0.774. The third-order valence-corrected chi connectivity index (χ3v) is 9.47. The molecule has 2 aliphatic heterocycles. The van der Waals surface area contributed by atoms with Crippen LogP contribution >= 0.6 is 0 Å². The molecular weight excluding hydrogens is 479 g/mol. The van der Waals surface area contributed by atoms with E-state index >= 15 is 0 Å². The molecule has 1 amide bonds. The number of quaternary nitrogens is 1. The Morgan fingerprint density at radius 3 is 2.13 bits per heavy atom. The van der Waals surface area contributed by atoms with Crippen molar-refractivity contribution in [2.45, 2.75) is 116 Å². The van der Waals surface area contributed by atoms with Crippen LogP contribution < -0.4 is 10.5 Å². The van der Waals surface area contributed by atoms with Crippen LogP contribution in [0.1, 0.15) is 104 Å². The molecule has 0 bridgehead atoms. The van der Waals surface area contributed by atoms with Gasteiger partial charge in [0.2, 0.25) is 5.91 Å². The van der Waals surface area contributed by atoms with E-state index in [0.717, 1.165) is 50.8 Å². The van der Waals surface area contributed by atoms with Crippen LogP contribution in [0.15, 0.2) is 24.3 Å². The van der Waals surface area contributed by atoms with Gasteiger partial charge in [-0.05, 0) is 90.8 Å². The number of halogens is 1. The van der Waals surface area contributed by atoms with Crippen molar-refractivity contribution >= 4 is 5.91 Å². The third-order valence-electron chi connectivity index (χ3n) is 9.47. The second kappa shape index (κ2) is 11.5. The molecule has 2 N–H and O–H groups in total. The summed E-state index contributed by atoms with van der Waals surface area (Å²) in [6.07, 6.45) is 8.17. The number of carbonyl (C=O) groups excluding carboxylic acids is 1. The normalized spacial score (nSPS) is 27.2. The van der Waals surface area contributed by atoms with Crippen molar-refractivity contribution in [3.05, 3.63) is 40.9 Å². The van der Waals surface area contributed by atoms with E-state index in [0.29, 0.717) is 19.0 Å². The van der Waals surface area contributed by atoms with Crippen LogP contribution in [0.4, 0.5) is 4.39 Å². The predicted molar refractivity (Wildman–Crippen MR) is 151 cm³/mol. The van der Waals surface area contributed by atoms with Crippen molar-refractivity contribution in [3.8, 4) is 0 Å². The average molecular weight is 531 g/mol. The van der Waals surface area contributed by atoms with E-state index in [9.17, 15) is 14.4 Å². The number of likely N-dealkylation sites (tertiary alicyclic amines) is 1. The lowest BCUT2D eigenvalue weighted by Crippen LogP contribution is -3.19. The summed E-state index contributed by atoms with van der Waals surface area (Å²) in [5.74, 6) is 0.374. The Hall–Kier alpha value is -1.54. The first-order valence-corrected chi connectivity index (χ1v) is 14.9. The minimum Gasteiger partial charge on any atom is -0.613 e. The van der Waals surface area contributed by atoms with Gasteiger partial charge in [-0.3, -0.25) is 14.9 Å². The highest BCUT2D eigenvalue weighted by atomic mass is 19.1. The van der Waals surface area contributed by atoms with Gasteiger partial charge in [0.1, 0.15) is 11.9 Å². The molecule has 0 spiro atoms. The Bertz CT molecular complexity index is 925. The van der Waals surface area contributed by atoms with Gasteiger partial charge in [-0.25, -0.2) is 4.39 Å². The molecule has 6 nitrogen and oxygen atoms in total. The number of hydroxylamine groups is 1. The summed E-state index contributed by atoms with van der Waals surface area (Å²) >= 11 is 0. The van der Waals surface area contributed by atoms with Crippen LogP contribution in [0, 0.1) is 22.4 Å². The SMILES string of the molecule is CC(C)(C)NC(=O)C1(C2CCCCC2)CCN([NH+]([O-])[C@@H]2CCN(C(C)(C)C)CC2c2ccc(F)cc2)CC1. The van der Waals surface area contributed by atoms with Gasteiger partial charge in [0.25, 0.3) is 0 Å². The lowest BCUT2D eigenvalue weighted by Gasteiger charge is -2.53. The summed E-state index contributed by atoms with van der Waals surface area (Å²) in [4.78, 5) is 16.2. The van der Waals surface area contributed by atoms with E-state index in [1.54, 1.807) is 0 Å². The van der Waals surface area contributed by atoms with E-state index in [1.165, 1.54) is 31.4 Å². The smallest absolute Gasteiger partial charge is 0.227 e. The summed E-state index contributed by atoms with van der Waals surface area (Å²) in [7, 11) is 0. The van der Waals surface area contributed by atoms with Gasteiger partial charge in [-0.15, -0.1) is 0 Å². The molecule has 38 heavy (non-hydrogen) atoms.